The van der Waals surface area contributed by atoms with Crippen molar-refractivity contribution in [3.8, 4) is 0 Å². The summed E-state index contributed by atoms with van der Waals surface area (Å²) in [5.74, 6) is -0.495. The largest absolute Gasteiger partial charge is 0.416 e. The van der Waals surface area contributed by atoms with E-state index < -0.39 is 23.7 Å². The van der Waals surface area contributed by atoms with Crippen molar-refractivity contribution in [2.24, 2.45) is 11.7 Å². The lowest BCUT2D eigenvalue weighted by molar-refractivity contribution is -0.137. The summed E-state index contributed by atoms with van der Waals surface area (Å²) in [6.07, 6.45) is -3.84. The molecule has 4 nitrogen and oxygen atoms in total. The van der Waals surface area contributed by atoms with Gasteiger partial charge >= 0.3 is 6.18 Å². The van der Waals surface area contributed by atoms with Crippen LogP contribution >= 0.6 is 23.7 Å². The molecule has 9 heteroatoms. The number of hydrogen-bond acceptors (Lipinski definition) is 4. The molecule has 0 saturated heterocycles. The molecule has 1 amide bonds. The molecule has 0 aliphatic carbocycles. The number of aromatic nitrogens is 1. The van der Waals surface area contributed by atoms with Gasteiger partial charge in [0.05, 0.1) is 16.6 Å². The first-order valence-electron chi connectivity index (χ1n) is 7.85. The molecule has 2 aromatic rings. The standard InChI is InChI=1S/C17H20F3N3OS.ClH/c1-10(2)15(11-4-3-5-12(8-11)17(18,19)20)23-16(24)13-9-25-14(22-13)6-7-21;/h3-5,8-10,15H,6-7,21H2,1-2H3,(H,23,24);1H. The van der Waals surface area contributed by atoms with Gasteiger partial charge in [-0.15, -0.1) is 23.7 Å². The van der Waals surface area contributed by atoms with E-state index in [9.17, 15) is 18.0 Å². The highest BCUT2D eigenvalue weighted by Crippen LogP contribution is 2.32. The zero-order valence-corrected chi connectivity index (χ0v) is 16.0. The highest BCUT2D eigenvalue weighted by Gasteiger charge is 2.31. The molecular formula is C17H21ClF3N3OS. The number of alkyl halides is 3. The summed E-state index contributed by atoms with van der Waals surface area (Å²) < 4.78 is 38.8. The molecular weight excluding hydrogens is 387 g/mol. The van der Waals surface area contributed by atoms with Crippen LogP contribution in [-0.4, -0.2) is 17.4 Å². The van der Waals surface area contributed by atoms with Crippen LogP contribution in [0.1, 0.15) is 46.5 Å². The number of nitrogens with one attached hydrogen (secondary N) is 1. The van der Waals surface area contributed by atoms with Gasteiger partial charge in [0, 0.05) is 11.8 Å². The monoisotopic (exact) mass is 407 g/mol. The van der Waals surface area contributed by atoms with Crippen LogP contribution in [0, 0.1) is 5.92 Å². The number of halogens is 4. The van der Waals surface area contributed by atoms with Gasteiger partial charge in [0.15, 0.2) is 0 Å². The van der Waals surface area contributed by atoms with Crippen molar-refractivity contribution in [3.63, 3.8) is 0 Å². The van der Waals surface area contributed by atoms with Gasteiger partial charge in [-0.2, -0.15) is 13.2 Å². The van der Waals surface area contributed by atoms with Gasteiger partial charge in [-0.05, 0) is 30.2 Å². The Bertz CT molecular complexity index is 734. The molecule has 0 aliphatic heterocycles. The second-order valence-electron chi connectivity index (χ2n) is 5.98. The Morgan fingerprint density at radius 3 is 2.62 bits per heavy atom. The first-order chi connectivity index (χ1) is 11.7. The van der Waals surface area contributed by atoms with Crippen molar-refractivity contribution in [1.82, 2.24) is 10.3 Å². The molecule has 1 aromatic carbocycles. The normalized spacial score (nSPS) is 12.6. The lowest BCUT2D eigenvalue weighted by atomic mass is 9.94. The zero-order chi connectivity index (χ0) is 18.6. The fourth-order valence-corrected chi connectivity index (χ4v) is 3.21. The Morgan fingerprint density at radius 2 is 2.04 bits per heavy atom. The molecule has 0 radical (unpaired) electrons. The van der Waals surface area contributed by atoms with Crippen LogP contribution in [0.4, 0.5) is 13.2 Å². The highest BCUT2D eigenvalue weighted by atomic mass is 35.5. The summed E-state index contributed by atoms with van der Waals surface area (Å²) >= 11 is 1.34. The van der Waals surface area contributed by atoms with Crippen LogP contribution in [-0.2, 0) is 12.6 Å². The smallest absolute Gasteiger partial charge is 0.344 e. The lowest BCUT2D eigenvalue weighted by Gasteiger charge is -2.23. The molecule has 3 N–H and O–H groups in total. The number of benzene rings is 1. The SMILES string of the molecule is CC(C)C(NC(=O)c1csc(CCN)n1)c1cccc(C(F)(F)F)c1.Cl. The topological polar surface area (TPSA) is 68.0 Å². The molecule has 1 unspecified atom stereocenters. The fraction of sp³-hybridized carbons (Fsp3) is 0.412. The minimum atomic E-state index is -4.42. The lowest BCUT2D eigenvalue weighted by Crippen LogP contribution is -2.32. The van der Waals surface area contributed by atoms with E-state index in [0.29, 0.717) is 18.5 Å². The summed E-state index contributed by atoms with van der Waals surface area (Å²) in [5.41, 5.74) is 5.40. The second-order valence-corrected chi connectivity index (χ2v) is 6.93. The first-order valence-corrected chi connectivity index (χ1v) is 8.72. The third-order valence-corrected chi connectivity index (χ3v) is 4.58. The average molecular weight is 408 g/mol. The molecule has 0 bridgehead atoms. The van der Waals surface area contributed by atoms with Crippen molar-refractivity contribution in [2.45, 2.75) is 32.5 Å². The number of rotatable bonds is 6. The number of thiazole rings is 1. The van der Waals surface area contributed by atoms with E-state index in [1.165, 1.54) is 17.4 Å². The average Bonchev–Trinajstić information content (AvgIpc) is 3.00. The van der Waals surface area contributed by atoms with E-state index >= 15 is 0 Å². The van der Waals surface area contributed by atoms with Gasteiger partial charge in [-0.3, -0.25) is 4.79 Å². The van der Waals surface area contributed by atoms with Gasteiger partial charge in [0.1, 0.15) is 5.69 Å². The molecule has 1 atom stereocenters. The Balaban J connectivity index is 0.00000338. The van der Waals surface area contributed by atoms with E-state index in [2.05, 4.69) is 10.3 Å². The predicted octanol–water partition coefficient (Wildman–Crippen LogP) is 4.21. The Labute approximate surface area is 160 Å². The summed E-state index contributed by atoms with van der Waals surface area (Å²) in [6.45, 7) is 4.12. The third-order valence-electron chi connectivity index (χ3n) is 3.67. The van der Waals surface area contributed by atoms with Crippen LogP contribution in [0.15, 0.2) is 29.6 Å². The molecule has 0 fully saturated rings. The maximum Gasteiger partial charge on any atom is 0.416 e. The van der Waals surface area contributed by atoms with Crippen molar-refractivity contribution in [2.75, 3.05) is 6.54 Å². The highest BCUT2D eigenvalue weighted by molar-refractivity contribution is 7.09. The minimum Gasteiger partial charge on any atom is -0.344 e. The summed E-state index contributed by atoms with van der Waals surface area (Å²) in [6, 6.07) is 4.48. The van der Waals surface area contributed by atoms with E-state index in [4.69, 9.17) is 5.73 Å². The van der Waals surface area contributed by atoms with Gasteiger partial charge < -0.3 is 11.1 Å². The van der Waals surface area contributed by atoms with Gasteiger partial charge in [-0.1, -0.05) is 26.0 Å². The molecule has 26 heavy (non-hydrogen) atoms. The predicted molar refractivity (Wildman–Crippen MR) is 98.6 cm³/mol. The van der Waals surface area contributed by atoms with E-state index in [0.717, 1.165) is 17.1 Å². The quantitative estimate of drug-likeness (QED) is 0.753. The van der Waals surface area contributed by atoms with Crippen molar-refractivity contribution < 1.29 is 18.0 Å². The fourth-order valence-electron chi connectivity index (χ4n) is 2.41. The van der Waals surface area contributed by atoms with Crippen molar-refractivity contribution >= 4 is 29.7 Å². The number of amides is 1. The number of hydrogen-bond donors (Lipinski definition) is 2. The first kappa shape index (κ1) is 22.4. The Kier molecular flexibility index (Phi) is 8.05. The molecule has 1 aromatic heterocycles. The molecule has 144 valence electrons. The molecule has 0 aliphatic rings. The number of nitrogens with zero attached hydrogens (tertiary/aromatic N) is 1. The van der Waals surface area contributed by atoms with Gasteiger partial charge in [-0.25, -0.2) is 4.98 Å². The van der Waals surface area contributed by atoms with Crippen LogP contribution in [0.3, 0.4) is 0 Å². The van der Waals surface area contributed by atoms with E-state index in [1.807, 2.05) is 13.8 Å². The van der Waals surface area contributed by atoms with Gasteiger partial charge in [0.2, 0.25) is 0 Å². The van der Waals surface area contributed by atoms with Crippen LogP contribution in [0.2, 0.25) is 0 Å². The zero-order valence-electron chi connectivity index (χ0n) is 14.3. The molecule has 0 saturated carbocycles. The summed E-state index contributed by atoms with van der Waals surface area (Å²) in [5, 5.41) is 5.18. The number of carbonyl (C=O) groups is 1. The maximum absolute atomic E-state index is 12.9. The number of carbonyl (C=O) groups excluding carboxylic acids is 1. The second kappa shape index (κ2) is 9.34. The third kappa shape index (κ3) is 5.69. The molecule has 0 spiro atoms. The van der Waals surface area contributed by atoms with Crippen molar-refractivity contribution in [1.29, 1.82) is 0 Å². The molecule has 2 rings (SSSR count). The Hall–Kier alpha value is -1.64. The molecule has 1 heterocycles. The van der Waals surface area contributed by atoms with Crippen LogP contribution in [0.25, 0.3) is 0 Å². The summed E-state index contributed by atoms with van der Waals surface area (Å²) in [7, 11) is 0. The van der Waals surface area contributed by atoms with Crippen LogP contribution < -0.4 is 11.1 Å². The minimum absolute atomic E-state index is 0. The summed E-state index contributed by atoms with van der Waals surface area (Å²) in [4.78, 5) is 16.6. The Morgan fingerprint density at radius 1 is 1.35 bits per heavy atom. The van der Waals surface area contributed by atoms with E-state index in [1.54, 1.807) is 11.4 Å². The van der Waals surface area contributed by atoms with E-state index in [-0.39, 0.29) is 24.0 Å². The van der Waals surface area contributed by atoms with Gasteiger partial charge in [0.25, 0.3) is 5.91 Å². The maximum atomic E-state index is 12.9. The van der Waals surface area contributed by atoms with Crippen molar-refractivity contribution in [3.05, 3.63) is 51.5 Å². The number of nitrogens with two attached hydrogens (primary N) is 1. The van der Waals surface area contributed by atoms with Crippen LogP contribution in [0.5, 0.6) is 0 Å².